The number of carbonyl (C=O) groups excluding carboxylic acids is 2. The Morgan fingerprint density at radius 2 is 1.32 bits per heavy atom. The number of Topliss-reactive ketones (excluding diaryl/α,β-unsaturated/α-hetero) is 2. The van der Waals surface area contributed by atoms with Crippen LogP contribution >= 0.6 is 0 Å². The van der Waals surface area contributed by atoms with Crippen LogP contribution in [0.4, 0.5) is 0 Å². The van der Waals surface area contributed by atoms with Crippen molar-refractivity contribution in [2.45, 2.75) is 11.5 Å². The molecule has 40 heavy (non-hydrogen) atoms. The van der Waals surface area contributed by atoms with E-state index >= 15 is 9.59 Å². The Kier molecular flexibility index (Phi) is 4.60. The Balaban J connectivity index is 1.52. The van der Waals surface area contributed by atoms with E-state index < -0.39 is 16.9 Å². The summed E-state index contributed by atoms with van der Waals surface area (Å²) in [5.41, 5.74) is 3.96. The first-order chi connectivity index (χ1) is 19.5. The predicted molar refractivity (Wildman–Crippen MR) is 152 cm³/mol. The molecule has 6 nitrogen and oxygen atoms in total. The second-order valence-electron chi connectivity index (χ2n) is 10.9. The van der Waals surface area contributed by atoms with Crippen molar-refractivity contribution < 1.29 is 14.3 Å². The van der Waals surface area contributed by atoms with Crippen LogP contribution in [0.3, 0.4) is 0 Å². The van der Waals surface area contributed by atoms with Gasteiger partial charge in [0.2, 0.25) is 0 Å². The molecule has 1 aliphatic heterocycles. The lowest BCUT2D eigenvalue weighted by Gasteiger charge is -2.44. The first kappa shape index (κ1) is 23.2. The Morgan fingerprint density at radius 1 is 0.750 bits per heavy atom. The van der Waals surface area contributed by atoms with Gasteiger partial charge in [-0.05, 0) is 42.4 Å². The lowest BCUT2D eigenvalue weighted by atomic mass is 9.58. The molecule has 1 fully saturated rings. The first-order valence-electron chi connectivity index (χ1n) is 13.4. The number of benzene rings is 4. The van der Waals surface area contributed by atoms with E-state index in [0.717, 1.165) is 39.2 Å². The molecule has 2 aliphatic carbocycles. The van der Waals surface area contributed by atoms with Crippen molar-refractivity contribution in [1.82, 2.24) is 14.9 Å². The molecule has 0 saturated carbocycles. The quantitative estimate of drug-likeness (QED) is 0.278. The van der Waals surface area contributed by atoms with Gasteiger partial charge in [-0.15, -0.1) is 0 Å². The van der Waals surface area contributed by atoms with Crippen molar-refractivity contribution >= 4 is 22.6 Å². The molecule has 0 amide bonds. The molecule has 1 aromatic heterocycles. The summed E-state index contributed by atoms with van der Waals surface area (Å²) in [6, 6.07) is 30.8. The Bertz CT molecular complexity index is 1860. The molecule has 6 heteroatoms. The molecular weight excluding hydrogens is 498 g/mol. The minimum Gasteiger partial charge on any atom is -0.497 e. The molecular formula is C34H25N3O3. The molecule has 0 bridgehead atoms. The van der Waals surface area contributed by atoms with E-state index in [1.807, 2.05) is 92.0 Å². The number of aromatic nitrogens is 2. The summed E-state index contributed by atoms with van der Waals surface area (Å²) in [7, 11) is 3.64. The van der Waals surface area contributed by atoms with Crippen molar-refractivity contribution in [1.29, 1.82) is 0 Å². The second kappa shape index (κ2) is 7.93. The van der Waals surface area contributed by atoms with Gasteiger partial charge < -0.3 is 4.74 Å². The van der Waals surface area contributed by atoms with Crippen molar-refractivity contribution in [2.75, 3.05) is 20.7 Å². The molecule has 4 aromatic carbocycles. The molecule has 0 radical (unpaired) electrons. The minimum absolute atomic E-state index is 0.157. The van der Waals surface area contributed by atoms with Gasteiger partial charge in [-0.2, -0.15) is 0 Å². The molecule has 2 heterocycles. The number of nitrogens with zero attached hydrogens (tertiary/aromatic N) is 3. The normalized spacial score (nSPS) is 22.2. The summed E-state index contributed by atoms with van der Waals surface area (Å²) in [6.07, 6.45) is 0. The van der Waals surface area contributed by atoms with Crippen molar-refractivity contribution in [3.05, 3.63) is 125 Å². The van der Waals surface area contributed by atoms with E-state index in [-0.39, 0.29) is 11.6 Å². The molecule has 0 unspecified atom stereocenters. The topological polar surface area (TPSA) is 72.4 Å². The van der Waals surface area contributed by atoms with Gasteiger partial charge in [-0.3, -0.25) is 14.5 Å². The average molecular weight is 524 g/mol. The standard InChI is InChI=1S/C34H25N3O3/c1-37-19-26(20-15-17-21(40-2)18-16-20)33(31(38)22-9-3-4-10-23(22)32(33)39)34(37)25-12-6-5-11-24(25)29-30(34)36-28-14-8-7-13-27(28)35-29/h3-18,26H,19H2,1-2H3/t26-,34+/m1/s1. The number of carbonyl (C=O) groups is 2. The highest BCUT2D eigenvalue weighted by molar-refractivity contribution is 6.32. The number of hydrogen-bond acceptors (Lipinski definition) is 6. The number of likely N-dealkylation sites (N-methyl/N-ethyl adjacent to an activating group) is 1. The van der Waals surface area contributed by atoms with Crippen LogP contribution in [0.25, 0.3) is 22.3 Å². The highest BCUT2D eigenvalue weighted by atomic mass is 16.5. The largest absolute Gasteiger partial charge is 0.497 e. The SMILES string of the molecule is COc1ccc([C@H]2CN(C)[C@]3(c4ccccc4-c4nc5ccccc5nc43)C23C(=O)c2ccccc2C3=O)cc1. The number of fused-ring (bicyclic) bond motifs is 8. The minimum atomic E-state index is -1.47. The molecule has 8 rings (SSSR count). The summed E-state index contributed by atoms with van der Waals surface area (Å²) in [4.78, 5) is 42.5. The zero-order valence-electron chi connectivity index (χ0n) is 22.1. The molecule has 1 saturated heterocycles. The third kappa shape index (κ3) is 2.53. The van der Waals surface area contributed by atoms with E-state index in [0.29, 0.717) is 23.4 Å². The van der Waals surface area contributed by atoms with Gasteiger partial charge in [0.05, 0.1) is 29.5 Å². The van der Waals surface area contributed by atoms with E-state index in [9.17, 15) is 0 Å². The number of hydrogen-bond donors (Lipinski definition) is 0. The van der Waals surface area contributed by atoms with Gasteiger partial charge in [0, 0.05) is 29.2 Å². The van der Waals surface area contributed by atoms with Crippen molar-refractivity contribution in [2.24, 2.45) is 5.41 Å². The summed E-state index contributed by atoms with van der Waals surface area (Å²) >= 11 is 0. The zero-order valence-corrected chi connectivity index (χ0v) is 22.1. The van der Waals surface area contributed by atoms with Gasteiger partial charge in [0.25, 0.3) is 0 Å². The molecule has 194 valence electrons. The van der Waals surface area contributed by atoms with Crippen molar-refractivity contribution in [3.8, 4) is 17.0 Å². The van der Waals surface area contributed by atoms with Gasteiger partial charge in [0.1, 0.15) is 16.7 Å². The Labute approximate surface area is 231 Å². The van der Waals surface area contributed by atoms with Crippen LogP contribution in [0.2, 0.25) is 0 Å². The zero-order chi connectivity index (χ0) is 27.2. The third-order valence-corrected chi connectivity index (χ3v) is 9.26. The number of methoxy groups -OCH3 is 1. The van der Waals surface area contributed by atoms with Gasteiger partial charge >= 0.3 is 0 Å². The summed E-state index contributed by atoms with van der Waals surface area (Å²) < 4.78 is 5.43. The van der Waals surface area contributed by atoms with E-state index in [1.54, 1.807) is 19.2 Å². The summed E-state index contributed by atoms with van der Waals surface area (Å²) in [5, 5.41) is 0. The fourth-order valence-corrected chi connectivity index (χ4v) is 7.70. The molecule has 2 spiro atoms. The van der Waals surface area contributed by atoms with Crippen LogP contribution in [0, 0.1) is 5.41 Å². The second-order valence-corrected chi connectivity index (χ2v) is 10.9. The van der Waals surface area contributed by atoms with E-state index in [2.05, 4.69) is 4.90 Å². The smallest absolute Gasteiger partial charge is 0.180 e. The lowest BCUT2D eigenvalue weighted by Crippen LogP contribution is -2.56. The van der Waals surface area contributed by atoms with E-state index in [1.165, 1.54) is 0 Å². The highest BCUT2D eigenvalue weighted by Gasteiger charge is 2.77. The Morgan fingerprint density at radius 3 is 1.98 bits per heavy atom. The number of ketones is 2. The number of rotatable bonds is 2. The fraction of sp³-hybridized carbons (Fsp3) is 0.176. The van der Waals surface area contributed by atoms with Crippen LogP contribution < -0.4 is 4.74 Å². The van der Waals surface area contributed by atoms with Crippen LogP contribution in [-0.4, -0.2) is 47.1 Å². The molecule has 3 aliphatic rings. The Hall–Kier alpha value is -4.68. The highest BCUT2D eigenvalue weighted by Crippen LogP contribution is 2.69. The third-order valence-electron chi connectivity index (χ3n) is 9.26. The van der Waals surface area contributed by atoms with Crippen LogP contribution in [0.15, 0.2) is 97.1 Å². The van der Waals surface area contributed by atoms with E-state index in [4.69, 9.17) is 14.7 Å². The predicted octanol–water partition coefficient (Wildman–Crippen LogP) is 5.66. The molecule has 2 atom stereocenters. The lowest BCUT2D eigenvalue weighted by molar-refractivity contribution is 0.0462. The number of likely N-dealkylation sites (tertiary alicyclic amines) is 1. The maximum absolute atomic E-state index is 15.0. The summed E-state index contributed by atoms with van der Waals surface area (Å²) in [6.45, 7) is 0.486. The average Bonchev–Trinajstić information content (AvgIpc) is 3.54. The van der Waals surface area contributed by atoms with Gasteiger partial charge in [-0.25, -0.2) is 9.97 Å². The van der Waals surface area contributed by atoms with Crippen LogP contribution in [0.1, 0.15) is 43.5 Å². The van der Waals surface area contributed by atoms with Crippen molar-refractivity contribution in [3.63, 3.8) is 0 Å². The fourth-order valence-electron chi connectivity index (χ4n) is 7.70. The molecule has 5 aromatic rings. The van der Waals surface area contributed by atoms with Crippen LogP contribution in [-0.2, 0) is 5.54 Å². The maximum atomic E-state index is 15.0. The van der Waals surface area contributed by atoms with Gasteiger partial charge in [-0.1, -0.05) is 72.8 Å². The van der Waals surface area contributed by atoms with Gasteiger partial charge in [0.15, 0.2) is 11.6 Å². The molecule has 0 N–H and O–H groups in total. The summed E-state index contributed by atoms with van der Waals surface area (Å²) in [5.74, 6) is -0.0186. The number of para-hydroxylation sites is 2. The monoisotopic (exact) mass is 523 g/mol. The number of ether oxygens (including phenoxy) is 1. The first-order valence-corrected chi connectivity index (χ1v) is 13.4. The maximum Gasteiger partial charge on any atom is 0.180 e. The van der Waals surface area contributed by atoms with Crippen LogP contribution in [0.5, 0.6) is 5.75 Å².